The van der Waals surface area contributed by atoms with E-state index in [-0.39, 0.29) is 30.6 Å². The number of rotatable bonds is 4. The van der Waals surface area contributed by atoms with E-state index in [1.54, 1.807) is 24.3 Å². The van der Waals surface area contributed by atoms with Crippen LogP contribution in [0.3, 0.4) is 0 Å². The molecule has 2 aliphatic rings. The normalized spacial score (nSPS) is 19.3. The summed E-state index contributed by atoms with van der Waals surface area (Å²) in [5.41, 5.74) is 0.516. The van der Waals surface area contributed by atoms with Gasteiger partial charge in [0.05, 0.1) is 5.41 Å². The largest absolute Gasteiger partial charge is 0.325 e. The maximum Gasteiger partial charge on any atom is 0.244 e. The zero-order valence-electron chi connectivity index (χ0n) is 14.3. The summed E-state index contributed by atoms with van der Waals surface area (Å²) in [5.74, 6) is -0.915. The summed E-state index contributed by atoms with van der Waals surface area (Å²) in [5, 5.41) is 2.67. The fraction of sp³-hybridized carbons (Fsp3) is 0.474. The van der Waals surface area contributed by atoms with Crippen LogP contribution in [-0.4, -0.2) is 34.9 Å². The first-order chi connectivity index (χ1) is 11.9. The van der Waals surface area contributed by atoms with E-state index in [4.69, 9.17) is 0 Å². The minimum absolute atomic E-state index is 0.0519. The molecule has 6 heteroatoms. The molecule has 1 aromatic carbocycles. The van der Waals surface area contributed by atoms with Gasteiger partial charge >= 0.3 is 0 Å². The molecular formula is C19H22N2O4. The molecule has 0 atom stereocenters. The number of nitrogens with one attached hydrogen (secondary N) is 1. The summed E-state index contributed by atoms with van der Waals surface area (Å²) < 4.78 is 0. The third-order valence-electron chi connectivity index (χ3n) is 5.18. The number of hydrogen-bond acceptors (Lipinski definition) is 4. The molecule has 1 saturated carbocycles. The SMILES string of the molecule is CC(=O)c1ccc(NC(=O)CN2C(=O)CC3(CCCCC3)C2=O)cc1. The Morgan fingerprint density at radius 1 is 1.08 bits per heavy atom. The van der Waals surface area contributed by atoms with E-state index in [0.29, 0.717) is 11.3 Å². The van der Waals surface area contributed by atoms with Crippen LogP contribution in [-0.2, 0) is 14.4 Å². The Morgan fingerprint density at radius 3 is 2.32 bits per heavy atom. The Labute approximate surface area is 146 Å². The third kappa shape index (κ3) is 3.48. The predicted molar refractivity (Wildman–Crippen MR) is 91.9 cm³/mol. The second kappa shape index (κ2) is 6.78. The van der Waals surface area contributed by atoms with Gasteiger partial charge in [-0.15, -0.1) is 0 Å². The topological polar surface area (TPSA) is 83.6 Å². The second-order valence-corrected chi connectivity index (χ2v) is 6.98. The highest BCUT2D eigenvalue weighted by molar-refractivity contribution is 6.09. The van der Waals surface area contributed by atoms with Gasteiger partial charge in [0.2, 0.25) is 17.7 Å². The van der Waals surface area contributed by atoms with Gasteiger partial charge in [0.1, 0.15) is 6.54 Å². The highest BCUT2D eigenvalue weighted by Crippen LogP contribution is 2.45. The quantitative estimate of drug-likeness (QED) is 0.673. The van der Waals surface area contributed by atoms with Gasteiger partial charge in [-0.25, -0.2) is 0 Å². The van der Waals surface area contributed by atoms with Crippen LogP contribution >= 0.6 is 0 Å². The molecule has 6 nitrogen and oxygen atoms in total. The lowest BCUT2D eigenvalue weighted by Crippen LogP contribution is -2.41. The molecular weight excluding hydrogens is 320 g/mol. The van der Waals surface area contributed by atoms with Gasteiger partial charge in [0, 0.05) is 17.7 Å². The molecule has 25 heavy (non-hydrogen) atoms. The molecule has 0 aromatic heterocycles. The van der Waals surface area contributed by atoms with Crippen molar-refractivity contribution in [2.75, 3.05) is 11.9 Å². The summed E-state index contributed by atoms with van der Waals surface area (Å²) in [6.07, 6.45) is 4.72. The Bertz CT molecular complexity index is 717. The standard InChI is InChI=1S/C19H22N2O4/c1-13(22)14-5-7-15(8-6-14)20-16(23)12-21-17(24)11-19(18(21)25)9-3-2-4-10-19/h5-8H,2-4,9-12H2,1H3,(H,20,23). The van der Waals surface area contributed by atoms with Crippen molar-refractivity contribution < 1.29 is 19.2 Å². The van der Waals surface area contributed by atoms with Crippen molar-refractivity contribution >= 4 is 29.2 Å². The summed E-state index contributed by atoms with van der Waals surface area (Å²) >= 11 is 0. The summed E-state index contributed by atoms with van der Waals surface area (Å²) in [7, 11) is 0. The van der Waals surface area contributed by atoms with Crippen LogP contribution in [0.4, 0.5) is 5.69 Å². The Morgan fingerprint density at radius 2 is 1.72 bits per heavy atom. The molecule has 1 aliphatic carbocycles. The molecule has 1 aromatic rings. The lowest BCUT2D eigenvalue weighted by Gasteiger charge is -2.30. The summed E-state index contributed by atoms with van der Waals surface area (Å²) in [4.78, 5) is 49.5. The van der Waals surface area contributed by atoms with E-state index in [1.165, 1.54) is 6.92 Å². The summed E-state index contributed by atoms with van der Waals surface area (Å²) in [6, 6.07) is 6.51. The molecule has 0 radical (unpaired) electrons. The van der Waals surface area contributed by atoms with Crippen LogP contribution in [0.25, 0.3) is 0 Å². The van der Waals surface area contributed by atoms with Gasteiger partial charge in [-0.1, -0.05) is 19.3 Å². The zero-order chi connectivity index (χ0) is 18.0. The highest BCUT2D eigenvalue weighted by atomic mass is 16.2. The average molecular weight is 342 g/mol. The Kier molecular flexibility index (Phi) is 4.70. The predicted octanol–water partition coefficient (Wildman–Crippen LogP) is 2.54. The van der Waals surface area contributed by atoms with Crippen molar-refractivity contribution in [2.24, 2.45) is 5.41 Å². The maximum absolute atomic E-state index is 12.7. The van der Waals surface area contributed by atoms with Crippen molar-refractivity contribution in [1.29, 1.82) is 0 Å². The van der Waals surface area contributed by atoms with Gasteiger partial charge in [-0.3, -0.25) is 24.1 Å². The Balaban J connectivity index is 1.63. The summed E-state index contributed by atoms with van der Waals surface area (Å²) in [6.45, 7) is 1.22. The van der Waals surface area contributed by atoms with Crippen molar-refractivity contribution in [3.63, 3.8) is 0 Å². The van der Waals surface area contributed by atoms with Crippen LogP contribution in [0.5, 0.6) is 0 Å². The monoisotopic (exact) mass is 342 g/mol. The van der Waals surface area contributed by atoms with Crippen LogP contribution in [0.2, 0.25) is 0 Å². The molecule has 0 unspecified atom stereocenters. The number of imide groups is 1. The number of benzene rings is 1. The van der Waals surface area contributed by atoms with Gasteiger partial charge < -0.3 is 5.32 Å². The Hall–Kier alpha value is -2.50. The van der Waals surface area contributed by atoms with E-state index in [1.807, 2.05) is 0 Å². The molecule has 2 fully saturated rings. The number of ketones is 1. The van der Waals surface area contributed by atoms with Crippen LogP contribution < -0.4 is 5.32 Å². The molecule has 132 valence electrons. The number of amides is 3. The van der Waals surface area contributed by atoms with Crippen molar-refractivity contribution in [1.82, 2.24) is 4.90 Å². The van der Waals surface area contributed by atoms with Gasteiger partial charge in [-0.2, -0.15) is 0 Å². The number of anilines is 1. The first-order valence-electron chi connectivity index (χ1n) is 8.67. The number of carbonyl (C=O) groups is 4. The molecule has 0 bridgehead atoms. The van der Waals surface area contributed by atoms with E-state index in [2.05, 4.69) is 5.32 Å². The maximum atomic E-state index is 12.7. The van der Waals surface area contributed by atoms with Crippen LogP contribution in [0.1, 0.15) is 55.8 Å². The van der Waals surface area contributed by atoms with Crippen molar-refractivity contribution in [3.05, 3.63) is 29.8 Å². The molecule has 1 heterocycles. The average Bonchev–Trinajstić information content (AvgIpc) is 2.80. The molecule has 1 spiro atoms. The number of hydrogen-bond donors (Lipinski definition) is 1. The number of likely N-dealkylation sites (tertiary alicyclic amines) is 1. The van der Waals surface area contributed by atoms with E-state index in [0.717, 1.165) is 37.0 Å². The van der Waals surface area contributed by atoms with Gasteiger partial charge in [0.25, 0.3) is 0 Å². The van der Waals surface area contributed by atoms with E-state index < -0.39 is 11.3 Å². The minimum Gasteiger partial charge on any atom is -0.325 e. The molecule has 1 N–H and O–H groups in total. The van der Waals surface area contributed by atoms with Crippen molar-refractivity contribution in [3.8, 4) is 0 Å². The fourth-order valence-corrected chi connectivity index (χ4v) is 3.77. The third-order valence-corrected chi connectivity index (χ3v) is 5.18. The second-order valence-electron chi connectivity index (χ2n) is 6.98. The van der Waals surface area contributed by atoms with E-state index >= 15 is 0 Å². The van der Waals surface area contributed by atoms with Crippen LogP contribution in [0.15, 0.2) is 24.3 Å². The first kappa shape index (κ1) is 17.3. The number of nitrogens with zero attached hydrogens (tertiary/aromatic N) is 1. The zero-order valence-corrected chi connectivity index (χ0v) is 14.3. The molecule has 3 rings (SSSR count). The molecule has 3 amide bonds. The highest BCUT2D eigenvalue weighted by Gasteiger charge is 2.51. The lowest BCUT2D eigenvalue weighted by molar-refractivity contribution is -0.144. The number of carbonyl (C=O) groups excluding carboxylic acids is 4. The molecule has 1 saturated heterocycles. The van der Waals surface area contributed by atoms with Gasteiger partial charge in [-0.05, 0) is 44.0 Å². The minimum atomic E-state index is -0.571. The van der Waals surface area contributed by atoms with Gasteiger partial charge in [0.15, 0.2) is 5.78 Å². The fourth-order valence-electron chi connectivity index (χ4n) is 3.77. The number of Topliss-reactive ketones (excluding diaryl/α,β-unsaturated/α-hetero) is 1. The lowest BCUT2D eigenvalue weighted by atomic mass is 9.73. The first-order valence-corrected chi connectivity index (χ1v) is 8.67. The molecule has 1 aliphatic heterocycles. The smallest absolute Gasteiger partial charge is 0.244 e. The van der Waals surface area contributed by atoms with E-state index in [9.17, 15) is 19.2 Å². The van der Waals surface area contributed by atoms with Crippen molar-refractivity contribution in [2.45, 2.75) is 45.4 Å². The van der Waals surface area contributed by atoms with Crippen LogP contribution in [0, 0.1) is 5.41 Å².